The van der Waals surface area contributed by atoms with Crippen LogP contribution in [0.15, 0.2) is 12.1 Å². The minimum atomic E-state index is -0.815. The number of imide groups is 1. The molecule has 0 aliphatic heterocycles. The van der Waals surface area contributed by atoms with E-state index in [2.05, 4.69) is 4.98 Å². The van der Waals surface area contributed by atoms with Crippen molar-refractivity contribution in [3.8, 4) is 11.6 Å². The Balaban J connectivity index is 2.86. The minimum Gasteiger partial charge on any atom is -0.505 e. The Morgan fingerprint density at radius 1 is 1.50 bits per heavy atom. The summed E-state index contributed by atoms with van der Waals surface area (Å²) < 4.78 is 5.22. The number of pyridine rings is 1. The lowest BCUT2D eigenvalue weighted by atomic mass is 10.3. The molecule has 1 rings (SSSR count). The first kappa shape index (κ1) is 13.9. The smallest absolute Gasteiger partial charge is 0.280 e. The Kier molecular flexibility index (Phi) is 5.06. The molecule has 1 aromatic rings. The molecule has 7 heteroatoms. The van der Waals surface area contributed by atoms with Gasteiger partial charge in [0.1, 0.15) is 5.75 Å². The fourth-order valence-corrected chi connectivity index (χ4v) is 1.12. The van der Waals surface area contributed by atoms with Gasteiger partial charge in [-0.1, -0.05) is 6.92 Å². The zero-order valence-electron chi connectivity index (χ0n) is 9.97. The third-order valence-corrected chi connectivity index (χ3v) is 1.96. The van der Waals surface area contributed by atoms with Crippen molar-refractivity contribution in [2.24, 2.45) is 5.73 Å². The number of amides is 2. The molecule has 98 valence electrons. The monoisotopic (exact) mass is 253 g/mol. The van der Waals surface area contributed by atoms with Crippen molar-refractivity contribution in [1.29, 1.82) is 0 Å². The van der Waals surface area contributed by atoms with E-state index in [1.165, 1.54) is 12.1 Å². The normalized spacial score (nSPS) is 9.89. The van der Waals surface area contributed by atoms with Crippen LogP contribution in [0.4, 0.5) is 0 Å². The third-order valence-electron chi connectivity index (χ3n) is 1.96. The number of nitrogens with zero attached hydrogens (tertiary/aromatic N) is 1. The van der Waals surface area contributed by atoms with Crippen LogP contribution >= 0.6 is 0 Å². The number of rotatable bonds is 5. The molecular formula is C11H15N3O4. The van der Waals surface area contributed by atoms with Gasteiger partial charge in [-0.3, -0.25) is 14.9 Å². The summed E-state index contributed by atoms with van der Waals surface area (Å²) in [5.74, 6) is -1.59. The van der Waals surface area contributed by atoms with E-state index in [4.69, 9.17) is 10.5 Å². The van der Waals surface area contributed by atoms with Crippen LogP contribution < -0.4 is 15.8 Å². The summed E-state index contributed by atoms with van der Waals surface area (Å²) in [4.78, 5) is 26.4. The zero-order valence-corrected chi connectivity index (χ0v) is 9.97. The molecule has 0 bridgehead atoms. The molecule has 0 saturated heterocycles. The molecule has 0 aliphatic rings. The molecular weight excluding hydrogens is 238 g/mol. The molecule has 0 aliphatic carbocycles. The van der Waals surface area contributed by atoms with Crippen LogP contribution in [0.1, 0.15) is 23.8 Å². The van der Waals surface area contributed by atoms with Crippen LogP contribution in [0.5, 0.6) is 11.6 Å². The maximum atomic E-state index is 11.6. The van der Waals surface area contributed by atoms with Gasteiger partial charge in [0.25, 0.3) is 5.91 Å². The molecule has 1 heterocycles. The van der Waals surface area contributed by atoms with E-state index in [1.54, 1.807) is 0 Å². The summed E-state index contributed by atoms with van der Waals surface area (Å²) in [6, 6.07) is 2.71. The maximum absolute atomic E-state index is 11.6. The van der Waals surface area contributed by atoms with Crippen molar-refractivity contribution >= 4 is 11.8 Å². The first-order valence-electron chi connectivity index (χ1n) is 5.45. The van der Waals surface area contributed by atoms with Gasteiger partial charge in [0.05, 0.1) is 13.2 Å². The molecule has 1 aromatic heterocycles. The lowest BCUT2D eigenvalue weighted by Crippen LogP contribution is -2.35. The van der Waals surface area contributed by atoms with E-state index in [1.807, 2.05) is 12.2 Å². The van der Waals surface area contributed by atoms with Gasteiger partial charge in [0.15, 0.2) is 5.69 Å². The van der Waals surface area contributed by atoms with Gasteiger partial charge in [-0.05, 0) is 12.5 Å². The average Bonchev–Trinajstić information content (AvgIpc) is 2.37. The van der Waals surface area contributed by atoms with Gasteiger partial charge in [0.2, 0.25) is 11.8 Å². The number of carbonyl (C=O) groups excluding carboxylic acids is 2. The number of nitrogens with two attached hydrogens (primary N) is 1. The minimum absolute atomic E-state index is 0.208. The Bertz CT molecular complexity index is 448. The first-order chi connectivity index (χ1) is 8.58. The molecule has 0 saturated carbocycles. The highest BCUT2D eigenvalue weighted by Gasteiger charge is 2.16. The maximum Gasteiger partial charge on any atom is 0.280 e. The Labute approximate surface area is 104 Å². The number of carbonyl (C=O) groups is 2. The Morgan fingerprint density at radius 2 is 2.22 bits per heavy atom. The Morgan fingerprint density at radius 3 is 2.83 bits per heavy atom. The van der Waals surface area contributed by atoms with Crippen molar-refractivity contribution < 1.29 is 19.4 Å². The van der Waals surface area contributed by atoms with Crippen molar-refractivity contribution in [2.45, 2.75) is 13.3 Å². The average molecular weight is 253 g/mol. The van der Waals surface area contributed by atoms with E-state index in [0.717, 1.165) is 6.42 Å². The molecule has 0 aromatic carbocycles. The van der Waals surface area contributed by atoms with Crippen LogP contribution in [0.25, 0.3) is 0 Å². The van der Waals surface area contributed by atoms with Crippen LogP contribution in [0.2, 0.25) is 0 Å². The van der Waals surface area contributed by atoms with Crippen LogP contribution in [0.3, 0.4) is 0 Å². The summed E-state index contributed by atoms with van der Waals surface area (Å²) in [6.07, 6.45) is 0.787. The highest BCUT2D eigenvalue weighted by molar-refractivity contribution is 6.05. The van der Waals surface area contributed by atoms with Crippen molar-refractivity contribution in [3.05, 3.63) is 17.8 Å². The summed E-state index contributed by atoms with van der Waals surface area (Å²) in [6.45, 7) is 2.05. The SMILES string of the molecule is CCCOc1ccc(O)c(C(=O)NC(=O)CN)n1. The molecule has 0 unspecified atom stereocenters. The molecule has 0 atom stereocenters. The summed E-state index contributed by atoms with van der Waals surface area (Å²) in [7, 11) is 0. The van der Waals surface area contributed by atoms with E-state index in [0.29, 0.717) is 6.61 Å². The molecule has 18 heavy (non-hydrogen) atoms. The second-order valence-electron chi connectivity index (χ2n) is 3.45. The Hall–Kier alpha value is -2.15. The summed E-state index contributed by atoms with van der Waals surface area (Å²) >= 11 is 0. The fraction of sp³-hybridized carbons (Fsp3) is 0.364. The zero-order chi connectivity index (χ0) is 13.5. The fourth-order valence-electron chi connectivity index (χ4n) is 1.12. The topological polar surface area (TPSA) is 115 Å². The highest BCUT2D eigenvalue weighted by atomic mass is 16.5. The lowest BCUT2D eigenvalue weighted by molar-refractivity contribution is -0.118. The number of hydrogen-bond acceptors (Lipinski definition) is 6. The van der Waals surface area contributed by atoms with E-state index >= 15 is 0 Å². The van der Waals surface area contributed by atoms with Crippen molar-refractivity contribution in [2.75, 3.05) is 13.2 Å². The molecule has 0 radical (unpaired) electrons. The summed E-state index contributed by atoms with van der Waals surface area (Å²) in [5, 5.41) is 11.5. The number of aromatic hydroxyl groups is 1. The number of ether oxygens (including phenoxy) is 1. The first-order valence-corrected chi connectivity index (χ1v) is 5.45. The number of hydrogen-bond donors (Lipinski definition) is 3. The second kappa shape index (κ2) is 6.55. The molecule has 0 fully saturated rings. The predicted molar refractivity (Wildman–Crippen MR) is 63.2 cm³/mol. The number of nitrogens with one attached hydrogen (secondary N) is 1. The van der Waals surface area contributed by atoms with Crippen LogP contribution in [-0.4, -0.2) is 35.1 Å². The third kappa shape index (κ3) is 3.70. The van der Waals surface area contributed by atoms with E-state index in [-0.39, 0.29) is 23.9 Å². The number of aromatic nitrogens is 1. The molecule has 0 spiro atoms. The van der Waals surface area contributed by atoms with E-state index in [9.17, 15) is 14.7 Å². The predicted octanol–water partition coefficient (Wildman–Crippen LogP) is -0.209. The second-order valence-corrected chi connectivity index (χ2v) is 3.45. The van der Waals surface area contributed by atoms with Gasteiger partial charge >= 0.3 is 0 Å². The molecule has 2 amide bonds. The van der Waals surface area contributed by atoms with Crippen LogP contribution in [0, 0.1) is 0 Å². The van der Waals surface area contributed by atoms with Gasteiger partial charge in [-0.25, -0.2) is 4.98 Å². The lowest BCUT2D eigenvalue weighted by Gasteiger charge is -2.07. The van der Waals surface area contributed by atoms with Gasteiger partial charge in [0, 0.05) is 6.07 Å². The standard InChI is InChI=1S/C11H15N3O4/c1-2-5-18-9-4-3-7(15)10(14-9)11(17)13-8(16)6-12/h3-4,15H,2,5-6,12H2,1H3,(H,13,16,17). The van der Waals surface area contributed by atoms with Gasteiger partial charge < -0.3 is 15.6 Å². The van der Waals surface area contributed by atoms with Gasteiger partial charge in [-0.15, -0.1) is 0 Å². The summed E-state index contributed by atoms with van der Waals surface area (Å²) in [5.41, 5.74) is 4.79. The van der Waals surface area contributed by atoms with Crippen LogP contribution in [-0.2, 0) is 4.79 Å². The van der Waals surface area contributed by atoms with E-state index < -0.39 is 11.8 Å². The van der Waals surface area contributed by atoms with Crippen molar-refractivity contribution in [3.63, 3.8) is 0 Å². The van der Waals surface area contributed by atoms with Crippen molar-refractivity contribution in [1.82, 2.24) is 10.3 Å². The quantitative estimate of drug-likeness (QED) is 0.669. The molecule has 4 N–H and O–H groups in total. The van der Waals surface area contributed by atoms with Gasteiger partial charge in [-0.2, -0.15) is 0 Å². The highest BCUT2D eigenvalue weighted by Crippen LogP contribution is 2.18. The molecule has 7 nitrogen and oxygen atoms in total. The largest absolute Gasteiger partial charge is 0.505 e.